The Morgan fingerprint density at radius 3 is 2.34 bits per heavy atom. The number of nitrogens with one attached hydrogen (secondary N) is 1. The Morgan fingerprint density at radius 1 is 1.07 bits per heavy atom. The second kappa shape index (κ2) is 7.56. The van der Waals surface area contributed by atoms with Gasteiger partial charge in [0, 0.05) is 23.4 Å². The molecule has 0 aromatic heterocycles. The number of halogens is 1. The van der Waals surface area contributed by atoms with Crippen LogP contribution in [0, 0.1) is 17.1 Å². The third kappa shape index (κ3) is 3.42. The zero-order chi connectivity index (χ0) is 20.5. The first-order valence-electron chi connectivity index (χ1n) is 9.55. The lowest BCUT2D eigenvalue weighted by Gasteiger charge is -2.35. The molecule has 146 valence electrons. The van der Waals surface area contributed by atoms with Crippen LogP contribution in [-0.2, 0) is 4.79 Å². The van der Waals surface area contributed by atoms with Crippen molar-refractivity contribution in [3.63, 3.8) is 0 Å². The second-order valence-corrected chi connectivity index (χ2v) is 7.45. The molecule has 2 atom stereocenters. The summed E-state index contributed by atoms with van der Waals surface area (Å²) >= 11 is 0. The number of ketones is 1. The molecule has 2 aromatic carbocycles. The van der Waals surface area contributed by atoms with Gasteiger partial charge in [-0.2, -0.15) is 5.26 Å². The van der Waals surface area contributed by atoms with Crippen molar-refractivity contribution in [1.82, 2.24) is 5.32 Å². The van der Waals surface area contributed by atoms with Crippen LogP contribution in [0.3, 0.4) is 0 Å². The summed E-state index contributed by atoms with van der Waals surface area (Å²) < 4.78 is 18.7. The van der Waals surface area contributed by atoms with Crippen LogP contribution in [-0.4, -0.2) is 12.9 Å². The summed E-state index contributed by atoms with van der Waals surface area (Å²) in [5.74, 6) is 0.0614. The van der Waals surface area contributed by atoms with Gasteiger partial charge in [0.1, 0.15) is 11.6 Å². The van der Waals surface area contributed by atoms with Gasteiger partial charge in [-0.15, -0.1) is 0 Å². The van der Waals surface area contributed by atoms with E-state index in [0.717, 1.165) is 28.3 Å². The van der Waals surface area contributed by atoms with Crippen molar-refractivity contribution in [3.8, 4) is 11.8 Å². The highest BCUT2D eigenvalue weighted by Crippen LogP contribution is 2.45. The number of hydrogen-bond acceptors (Lipinski definition) is 4. The topological polar surface area (TPSA) is 62.1 Å². The highest BCUT2D eigenvalue weighted by Gasteiger charge is 2.38. The number of methoxy groups -OCH3 is 1. The average Bonchev–Trinajstić information content (AvgIpc) is 2.73. The van der Waals surface area contributed by atoms with Gasteiger partial charge in [0.25, 0.3) is 0 Å². The Bertz CT molecular complexity index is 1060. The Kier molecular flexibility index (Phi) is 4.94. The van der Waals surface area contributed by atoms with Crippen LogP contribution in [0.25, 0.3) is 0 Å². The van der Waals surface area contributed by atoms with Gasteiger partial charge >= 0.3 is 0 Å². The summed E-state index contributed by atoms with van der Waals surface area (Å²) in [6.45, 7) is 1.85. The van der Waals surface area contributed by atoms with Gasteiger partial charge in [-0.05, 0) is 54.7 Å². The molecule has 4 nitrogen and oxygen atoms in total. The Balaban J connectivity index is 1.74. The van der Waals surface area contributed by atoms with E-state index >= 15 is 0 Å². The van der Waals surface area contributed by atoms with E-state index in [1.165, 1.54) is 12.1 Å². The molecule has 29 heavy (non-hydrogen) atoms. The van der Waals surface area contributed by atoms with Crippen LogP contribution < -0.4 is 10.1 Å². The normalized spacial score (nSPS) is 21.4. The maximum absolute atomic E-state index is 13.4. The lowest BCUT2D eigenvalue weighted by Crippen LogP contribution is -2.33. The maximum Gasteiger partial charge on any atom is 0.162 e. The fourth-order valence-electron chi connectivity index (χ4n) is 4.29. The number of nitrogens with zero attached hydrogens (tertiary/aromatic N) is 1. The third-order valence-electron chi connectivity index (χ3n) is 5.74. The van der Waals surface area contributed by atoms with E-state index in [1.54, 1.807) is 19.2 Å². The van der Waals surface area contributed by atoms with Crippen molar-refractivity contribution < 1.29 is 13.9 Å². The number of ether oxygens (including phenoxy) is 1. The van der Waals surface area contributed by atoms with Crippen molar-refractivity contribution in [2.75, 3.05) is 7.11 Å². The minimum absolute atomic E-state index is 0.0224. The van der Waals surface area contributed by atoms with Crippen molar-refractivity contribution in [2.24, 2.45) is 0 Å². The Labute approximate surface area is 169 Å². The number of carbonyl (C=O) groups excluding carboxylic acids is 1. The molecule has 1 aliphatic heterocycles. The number of nitriles is 1. The Hall–Kier alpha value is -3.39. The predicted octanol–water partition coefficient (Wildman–Crippen LogP) is 4.72. The lowest BCUT2D eigenvalue weighted by molar-refractivity contribution is -0.116. The van der Waals surface area contributed by atoms with E-state index in [2.05, 4.69) is 11.4 Å². The van der Waals surface area contributed by atoms with Crippen LogP contribution in [0.1, 0.15) is 42.7 Å². The quantitative estimate of drug-likeness (QED) is 0.826. The molecular formula is C24H21FN2O2. The molecule has 0 unspecified atom stereocenters. The number of dihydropyridines is 1. The summed E-state index contributed by atoms with van der Waals surface area (Å²) in [4.78, 5) is 13.2. The molecule has 0 bridgehead atoms. The molecule has 1 N–H and O–H groups in total. The molecule has 0 radical (unpaired) electrons. The van der Waals surface area contributed by atoms with E-state index in [4.69, 9.17) is 4.74 Å². The smallest absolute Gasteiger partial charge is 0.162 e. The highest BCUT2D eigenvalue weighted by molar-refractivity contribution is 6.00. The molecule has 5 heteroatoms. The molecule has 0 amide bonds. The first-order valence-corrected chi connectivity index (χ1v) is 9.55. The van der Waals surface area contributed by atoms with E-state index in [-0.39, 0.29) is 17.5 Å². The number of hydrogen-bond donors (Lipinski definition) is 1. The molecule has 0 spiro atoms. The van der Waals surface area contributed by atoms with Gasteiger partial charge in [0.2, 0.25) is 0 Å². The van der Waals surface area contributed by atoms with E-state index in [0.29, 0.717) is 24.0 Å². The van der Waals surface area contributed by atoms with Crippen LogP contribution in [0.4, 0.5) is 4.39 Å². The van der Waals surface area contributed by atoms with Crippen molar-refractivity contribution >= 4 is 5.78 Å². The maximum atomic E-state index is 13.4. The van der Waals surface area contributed by atoms with Gasteiger partial charge < -0.3 is 10.1 Å². The minimum atomic E-state index is -0.457. The number of Topliss-reactive ketones (excluding diaryl/α,β-unsaturated/α-hetero) is 1. The van der Waals surface area contributed by atoms with Gasteiger partial charge in [0.05, 0.1) is 24.7 Å². The summed E-state index contributed by atoms with van der Waals surface area (Å²) in [7, 11) is 1.62. The van der Waals surface area contributed by atoms with Gasteiger partial charge in [-0.25, -0.2) is 4.39 Å². The first-order chi connectivity index (χ1) is 14.0. The third-order valence-corrected chi connectivity index (χ3v) is 5.74. The fourth-order valence-corrected chi connectivity index (χ4v) is 4.29. The number of rotatable bonds is 3. The van der Waals surface area contributed by atoms with Crippen LogP contribution in [0.15, 0.2) is 71.1 Å². The predicted molar refractivity (Wildman–Crippen MR) is 108 cm³/mol. The summed E-state index contributed by atoms with van der Waals surface area (Å²) in [6.07, 6.45) is 1.06. The Morgan fingerprint density at radius 2 is 1.72 bits per heavy atom. The molecule has 0 saturated carbocycles. The van der Waals surface area contributed by atoms with Crippen molar-refractivity contribution in [1.29, 1.82) is 5.26 Å². The minimum Gasteiger partial charge on any atom is -0.497 e. The SMILES string of the molecule is COc1ccc([C@@H]2CC(=O)C3=C(C2)NC(C)=C(C#N)[C@@H]3c2ccc(F)cc2)cc1. The summed E-state index contributed by atoms with van der Waals surface area (Å²) in [6, 6.07) is 16.1. The van der Waals surface area contributed by atoms with E-state index in [9.17, 15) is 14.4 Å². The second-order valence-electron chi connectivity index (χ2n) is 7.45. The number of carbonyl (C=O) groups is 1. The van der Waals surface area contributed by atoms with Crippen LogP contribution in [0.5, 0.6) is 5.75 Å². The zero-order valence-corrected chi connectivity index (χ0v) is 16.3. The van der Waals surface area contributed by atoms with Crippen LogP contribution in [0.2, 0.25) is 0 Å². The van der Waals surface area contributed by atoms with Gasteiger partial charge in [-0.3, -0.25) is 4.79 Å². The monoisotopic (exact) mass is 388 g/mol. The standard InChI is InChI=1S/C24H21FN2O2/c1-14-20(13-26)23(16-3-7-18(25)8-4-16)24-21(27-14)11-17(12-22(24)28)15-5-9-19(29-2)10-6-15/h3-10,17,23,27H,11-12H2,1-2H3/t17-,23-/m0/s1. The van der Waals surface area contributed by atoms with Gasteiger partial charge in [0.15, 0.2) is 5.78 Å². The molecule has 0 saturated heterocycles. The van der Waals surface area contributed by atoms with E-state index in [1.807, 2.05) is 31.2 Å². The molecule has 4 rings (SSSR count). The van der Waals surface area contributed by atoms with Crippen LogP contribution >= 0.6 is 0 Å². The van der Waals surface area contributed by atoms with E-state index < -0.39 is 5.92 Å². The molecular weight excluding hydrogens is 367 g/mol. The molecule has 2 aromatic rings. The molecule has 2 aliphatic rings. The molecule has 1 aliphatic carbocycles. The largest absolute Gasteiger partial charge is 0.497 e. The number of allylic oxidation sites excluding steroid dienone is 4. The zero-order valence-electron chi connectivity index (χ0n) is 16.3. The summed E-state index contributed by atoms with van der Waals surface area (Å²) in [5.41, 5.74) is 4.57. The van der Waals surface area contributed by atoms with Crippen molar-refractivity contribution in [3.05, 3.63) is 88.0 Å². The molecule has 1 heterocycles. The number of benzene rings is 2. The fraction of sp³-hybridized carbons (Fsp3) is 0.250. The highest BCUT2D eigenvalue weighted by atomic mass is 19.1. The summed E-state index contributed by atoms with van der Waals surface area (Å²) in [5, 5.41) is 13.0. The first kappa shape index (κ1) is 18.9. The van der Waals surface area contributed by atoms with Crippen molar-refractivity contribution in [2.45, 2.75) is 31.6 Å². The molecule has 0 fully saturated rings. The lowest BCUT2D eigenvalue weighted by atomic mass is 9.72. The average molecular weight is 388 g/mol. The van der Waals surface area contributed by atoms with Gasteiger partial charge in [-0.1, -0.05) is 24.3 Å².